The molecule has 3 atom stereocenters. The second-order valence-corrected chi connectivity index (χ2v) is 12.4. The first-order chi connectivity index (χ1) is 16.0. The summed E-state index contributed by atoms with van der Waals surface area (Å²) in [6.45, 7) is 1.49. The zero-order valence-corrected chi connectivity index (χ0v) is 22.3. The van der Waals surface area contributed by atoms with Crippen molar-refractivity contribution in [2.45, 2.75) is 43.1 Å². The summed E-state index contributed by atoms with van der Waals surface area (Å²) in [5.74, 6) is -0.542. The fourth-order valence-corrected chi connectivity index (χ4v) is 5.94. The number of piperidine rings is 1. The Bertz CT molecular complexity index is 1130. The molecule has 0 aliphatic carbocycles. The summed E-state index contributed by atoms with van der Waals surface area (Å²) < 4.78 is 23.9. The second-order valence-electron chi connectivity index (χ2n) is 8.88. The smallest absolute Gasteiger partial charge is 0.230 e. The van der Waals surface area contributed by atoms with Gasteiger partial charge in [-0.15, -0.1) is 0 Å². The molecule has 0 aromatic heterocycles. The second kappa shape index (κ2) is 11.6. The molecular formula is C24H30Cl3N3O3S. The van der Waals surface area contributed by atoms with Crippen molar-refractivity contribution in [2.24, 2.45) is 5.73 Å². The third-order valence-electron chi connectivity index (χ3n) is 6.41. The highest BCUT2D eigenvalue weighted by Gasteiger charge is 2.33. The van der Waals surface area contributed by atoms with Crippen LogP contribution in [0.5, 0.6) is 0 Å². The molecule has 6 nitrogen and oxygen atoms in total. The molecule has 2 aromatic carbocycles. The van der Waals surface area contributed by atoms with Gasteiger partial charge in [0.1, 0.15) is 9.84 Å². The molecule has 1 amide bonds. The Morgan fingerprint density at radius 1 is 1.15 bits per heavy atom. The van der Waals surface area contributed by atoms with Crippen molar-refractivity contribution in [3.05, 3.63) is 68.7 Å². The van der Waals surface area contributed by atoms with Crippen molar-refractivity contribution in [3.8, 4) is 0 Å². The molecule has 3 rings (SSSR count). The van der Waals surface area contributed by atoms with Gasteiger partial charge in [0.05, 0.1) is 27.4 Å². The maximum absolute atomic E-state index is 13.6. The van der Waals surface area contributed by atoms with Crippen LogP contribution in [-0.4, -0.2) is 61.9 Å². The molecule has 3 unspecified atom stereocenters. The van der Waals surface area contributed by atoms with Crippen LogP contribution in [0.2, 0.25) is 15.1 Å². The lowest BCUT2D eigenvalue weighted by molar-refractivity contribution is -0.132. The number of benzene rings is 2. The predicted molar refractivity (Wildman–Crippen MR) is 139 cm³/mol. The van der Waals surface area contributed by atoms with E-state index in [9.17, 15) is 13.2 Å². The number of halogens is 3. The first-order valence-corrected chi connectivity index (χ1v) is 14.2. The lowest BCUT2D eigenvalue weighted by Gasteiger charge is -2.37. The van der Waals surface area contributed by atoms with Gasteiger partial charge in [-0.1, -0.05) is 59.1 Å². The average molecular weight is 547 g/mol. The van der Waals surface area contributed by atoms with E-state index in [0.717, 1.165) is 11.1 Å². The molecule has 2 aromatic rings. The van der Waals surface area contributed by atoms with Crippen LogP contribution in [0.3, 0.4) is 0 Å². The molecule has 0 radical (unpaired) electrons. The number of hydrogen-bond acceptors (Lipinski definition) is 5. The largest absolute Gasteiger partial charge is 0.341 e. The van der Waals surface area contributed by atoms with Crippen molar-refractivity contribution >= 4 is 50.5 Å². The molecule has 10 heteroatoms. The standard InChI is InChI=1S/C24H30Cl3N3O3S/c1-29(15-17-5-3-4-6-20(17)25)24(31)19(16-7-8-21(26)22(27)13-16)10-12-30-11-9-18(14-23(30)28)34(2,32)33/h3-8,13,18-19,23H,9-12,14-15,28H2,1-2H3. The van der Waals surface area contributed by atoms with Crippen LogP contribution < -0.4 is 5.73 Å². The minimum Gasteiger partial charge on any atom is -0.341 e. The highest BCUT2D eigenvalue weighted by molar-refractivity contribution is 7.91. The molecule has 1 aliphatic rings. The van der Waals surface area contributed by atoms with E-state index in [2.05, 4.69) is 0 Å². The van der Waals surface area contributed by atoms with Crippen LogP contribution in [0.4, 0.5) is 0 Å². The Morgan fingerprint density at radius 2 is 1.85 bits per heavy atom. The van der Waals surface area contributed by atoms with E-state index in [-0.39, 0.29) is 12.1 Å². The Kier molecular flexibility index (Phi) is 9.29. The average Bonchev–Trinajstić information content (AvgIpc) is 2.77. The van der Waals surface area contributed by atoms with E-state index < -0.39 is 21.0 Å². The van der Waals surface area contributed by atoms with E-state index in [4.69, 9.17) is 40.5 Å². The summed E-state index contributed by atoms with van der Waals surface area (Å²) in [7, 11) is -1.38. The lowest BCUT2D eigenvalue weighted by atomic mass is 9.93. The van der Waals surface area contributed by atoms with Crippen LogP contribution in [0.15, 0.2) is 42.5 Å². The van der Waals surface area contributed by atoms with Crippen LogP contribution in [0.25, 0.3) is 0 Å². The van der Waals surface area contributed by atoms with Gasteiger partial charge in [-0.25, -0.2) is 8.42 Å². The number of carbonyl (C=O) groups excluding carboxylic acids is 1. The number of rotatable bonds is 8. The van der Waals surface area contributed by atoms with Gasteiger partial charge in [-0.3, -0.25) is 9.69 Å². The molecule has 1 saturated heterocycles. The molecule has 2 N–H and O–H groups in total. The minimum atomic E-state index is -3.13. The van der Waals surface area contributed by atoms with Crippen molar-refractivity contribution in [1.29, 1.82) is 0 Å². The summed E-state index contributed by atoms with van der Waals surface area (Å²) in [6.07, 6.45) is 2.30. The maximum atomic E-state index is 13.6. The van der Waals surface area contributed by atoms with Crippen LogP contribution in [0, 0.1) is 0 Å². The van der Waals surface area contributed by atoms with Gasteiger partial charge in [-0.05, 0) is 48.6 Å². The van der Waals surface area contributed by atoms with E-state index in [1.54, 1.807) is 30.1 Å². The van der Waals surface area contributed by atoms with E-state index in [1.807, 2.05) is 29.2 Å². The highest BCUT2D eigenvalue weighted by atomic mass is 35.5. The third-order valence-corrected chi connectivity index (χ3v) is 9.15. The van der Waals surface area contributed by atoms with E-state index in [0.29, 0.717) is 54.0 Å². The number of likely N-dealkylation sites (tertiary alicyclic amines) is 1. The minimum absolute atomic E-state index is 0.0714. The molecule has 1 fully saturated rings. The number of carbonyl (C=O) groups is 1. The topological polar surface area (TPSA) is 83.7 Å². The molecule has 0 bridgehead atoms. The van der Waals surface area contributed by atoms with Gasteiger partial charge in [-0.2, -0.15) is 0 Å². The fraction of sp³-hybridized carbons (Fsp3) is 0.458. The van der Waals surface area contributed by atoms with Gasteiger partial charge >= 0.3 is 0 Å². The molecule has 1 aliphatic heterocycles. The Hall–Kier alpha value is -1.35. The Labute approximate surface area is 216 Å². The SMILES string of the molecule is CN(Cc1ccccc1Cl)C(=O)C(CCN1CCC(S(C)(=O)=O)CC1N)c1ccc(Cl)c(Cl)c1. The lowest BCUT2D eigenvalue weighted by Crippen LogP contribution is -2.51. The number of sulfone groups is 1. The molecule has 34 heavy (non-hydrogen) atoms. The third kappa shape index (κ3) is 6.86. The molecule has 186 valence electrons. The fourth-order valence-electron chi connectivity index (χ4n) is 4.36. The molecule has 0 spiro atoms. The molecule has 1 heterocycles. The van der Waals surface area contributed by atoms with Crippen molar-refractivity contribution in [3.63, 3.8) is 0 Å². The van der Waals surface area contributed by atoms with Crippen molar-refractivity contribution in [1.82, 2.24) is 9.80 Å². The highest BCUT2D eigenvalue weighted by Crippen LogP contribution is 2.31. The number of nitrogens with two attached hydrogens (primary N) is 1. The zero-order valence-electron chi connectivity index (χ0n) is 19.3. The summed E-state index contributed by atoms with van der Waals surface area (Å²) in [4.78, 5) is 17.3. The van der Waals surface area contributed by atoms with E-state index in [1.165, 1.54) is 6.26 Å². The maximum Gasteiger partial charge on any atom is 0.230 e. The van der Waals surface area contributed by atoms with Crippen LogP contribution in [-0.2, 0) is 21.2 Å². The van der Waals surface area contributed by atoms with Gasteiger partial charge in [0.25, 0.3) is 0 Å². The summed E-state index contributed by atoms with van der Waals surface area (Å²) in [5.41, 5.74) is 7.93. The number of hydrogen-bond donors (Lipinski definition) is 1. The summed E-state index contributed by atoms with van der Waals surface area (Å²) in [6, 6.07) is 12.7. The molecule has 0 saturated carbocycles. The van der Waals surface area contributed by atoms with Crippen molar-refractivity contribution in [2.75, 3.05) is 26.4 Å². The summed E-state index contributed by atoms with van der Waals surface area (Å²) >= 11 is 18.7. The first-order valence-electron chi connectivity index (χ1n) is 11.1. The quantitative estimate of drug-likeness (QED) is 0.524. The normalized spacial score (nSPS) is 20.2. The van der Waals surface area contributed by atoms with Crippen molar-refractivity contribution < 1.29 is 13.2 Å². The Morgan fingerprint density at radius 3 is 2.47 bits per heavy atom. The monoisotopic (exact) mass is 545 g/mol. The van der Waals surface area contributed by atoms with Crippen LogP contribution >= 0.6 is 34.8 Å². The van der Waals surface area contributed by atoms with Crippen LogP contribution in [0.1, 0.15) is 36.3 Å². The van der Waals surface area contributed by atoms with Gasteiger partial charge < -0.3 is 10.6 Å². The number of amides is 1. The van der Waals surface area contributed by atoms with Gasteiger partial charge in [0.15, 0.2) is 0 Å². The van der Waals surface area contributed by atoms with E-state index >= 15 is 0 Å². The number of likely N-dealkylation sites (N-methyl/N-ethyl adjacent to an activating group) is 1. The molecular weight excluding hydrogens is 517 g/mol. The predicted octanol–water partition coefficient (Wildman–Crippen LogP) is 4.57. The number of nitrogens with zero attached hydrogens (tertiary/aromatic N) is 2. The van der Waals surface area contributed by atoms with Gasteiger partial charge in [0, 0.05) is 38.0 Å². The first kappa shape index (κ1) is 27.2. The van der Waals surface area contributed by atoms with Gasteiger partial charge in [0.2, 0.25) is 5.91 Å². The zero-order chi connectivity index (χ0) is 25.0. The Balaban J connectivity index is 1.77. The summed E-state index contributed by atoms with van der Waals surface area (Å²) in [5, 5.41) is 0.989.